The Hall–Kier alpha value is -1.71. The molecule has 0 aliphatic carbocycles. The van der Waals surface area contributed by atoms with E-state index in [1.54, 1.807) is 10.9 Å². The molecule has 80 valence electrons. The van der Waals surface area contributed by atoms with Crippen LogP contribution < -0.4 is 0 Å². The van der Waals surface area contributed by atoms with Crippen LogP contribution in [0.2, 0.25) is 0 Å². The van der Waals surface area contributed by atoms with Crippen molar-refractivity contribution in [3.05, 3.63) is 35.9 Å². The van der Waals surface area contributed by atoms with Gasteiger partial charge in [0.15, 0.2) is 0 Å². The maximum Gasteiger partial charge on any atom is 0.0699 e. The number of rotatable bonds is 1. The van der Waals surface area contributed by atoms with Gasteiger partial charge in [0.2, 0.25) is 0 Å². The minimum atomic E-state index is 0.991. The smallest absolute Gasteiger partial charge is 0.0699 e. The molecule has 0 fully saturated rings. The first kappa shape index (κ1) is 11.4. The molecule has 2 aromatic heterocycles. The quantitative estimate of drug-likeness (QED) is 0.716. The van der Waals surface area contributed by atoms with Crippen molar-refractivity contribution in [1.29, 1.82) is 0 Å². The van der Waals surface area contributed by atoms with E-state index < -0.39 is 0 Å². The molecular formula is C11H16N4. The molecule has 0 saturated heterocycles. The summed E-state index contributed by atoms with van der Waals surface area (Å²) in [5.41, 5.74) is 2.98. The zero-order valence-electron chi connectivity index (χ0n) is 9.60. The van der Waals surface area contributed by atoms with E-state index in [0.29, 0.717) is 0 Å². The Labute approximate surface area is 90.0 Å². The molecule has 0 aliphatic heterocycles. The van der Waals surface area contributed by atoms with Gasteiger partial charge < -0.3 is 0 Å². The van der Waals surface area contributed by atoms with Crippen molar-refractivity contribution < 1.29 is 0 Å². The van der Waals surface area contributed by atoms with Crippen LogP contribution in [0.4, 0.5) is 0 Å². The topological polar surface area (TPSA) is 43.6 Å². The molecular weight excluding hydrogens is 188 g/mol. The van der Waals surface area contributed by atoms with Gasteiger partial charge in [-0.25, -0.2) is 4.68 Å². The second-order valence-electron chi connectivity index (χ2n) is 2.96. The monoisotopic (exact) mass is 204 g/mol. The summed E-state index contributed by atoms with van der Waals surface area (Å²) in [4.78, 5) is 4.28. The number of pyridine rings is 1. The molecule has 0 amide bonds. The van der Waals surface area contributed by atoms with Crippen molar-refractivity contribution in [3.63, 3.8) is 0 Å². The predicted octanol–water partition coefficient (Wildman–Crippen LogP) is 2.31. The third-order valence-electron chi connectivity index (χ3n) is 1.75. The third kappa shape index (κ3) is 2.87. The van der Waals surface area contributed by atoms with Crippen molar-refractivity contribution in [2.75, 3.05) is 0 Å². The highest BCUT2D eigenvalue weighted by Gasteiger charge is 1.99. The Kier molecular flexibility index (Phi) is 3.97. The number of hydrogen-bond acceptors (Lipinski definition) is 3. The molecule has 0 spiro atoms. The van der Waals surface area contributed by atoms with Gasteiger partial charge >= 0.3 is 0 Å². The Bertz CT molecular complexity index is 386. The number of aromatic nitrogens is 4. The summed E-state index contributed by atoms with van der Waals surface area (Å²) in [6.07, 6.45) is 3.47. The van der Waals surface area contributed by atoms with Gasteiger partial charge in [-0.1, -0.05) is 19.1 Å². The Morgan fingerprint density at radius 2 is 1.67 bits per heavy atom. The Morgan fingerprint density at radius 1 is 1.07 bits per heavy atom. The Balaban J connectivity index is 0.000000531. The lowest BCUT2D eigenvalue weighted by Gasteiger charge is -2.02. The molecule has 0 aliphatic rings. The lowest BCUT2D eigenvalue weighted by atomic mass is 10.3. The van der Waals surface area contributed by atoms with Crippen LogP contribution in [0, 0.1) is 13.8 Å². The standard InChI is InChI=1S/C9H10N4.C2H6/c1-7-5-9(6-8(2)11-7)13-4-3-10-12-13;1-2/h3-6H,1-2H3;1-2H3. The molecule has 0 N–H and O–H groups in total. The van der Waals surface area contributed by atoms with Crippen LogP contribution in [0.25, 0.3) is 5.69 Å². The molecule has 0 bridgehead atoms. The number of nitrogens with zero attached hydrogens (tertiary/aromatic N) is 4. The fraction of sp³-hybridized carbons (Fsp3) is 0.364. The first-order valence-corrected chi connectivity index (χ1v) is 5.08. The summed E-state index contributed by atoms with van der Waals surface area (Å²) in [6.45, 7) is 7.93. The molecule has 0 saturated carbocycles. The van der Waals surface area contributed by atoms with Crippen LogP contribution in [0.3, 0.4) is 0 Å². The molecule has 4 nitrogen and oxygen atoms in total. The van der Waals surface area contributed by atoms with E-state index in [0.717, 1.165) is 17.1 Å². The maximum atomic E-state index is 4.28. The van der Waals surface area contributed by atoms with Gasteiger partial charge in [-0.15, -0.1) is 5.10 Å². The normalized spacial score (nSPS) is 9.33. The average molecular weight is 204 g/mol. The van der Waals surface area contributed by atoms with Crippen molar-refractivity contribution >= 4 is 0 Å². The summed E-state index contributed by atoms with van der Waals surface area (Å²) in [5.74, 6) is 0. The van der Waals surface area contributed by atoms with Crippen molar-refractivity contribution in [1.82, 2.24) is 20.0 Å². The van der Waals surface area contributed by atoms with E-state index in [1.807, 2.05) is 46.0 Å². The maximum absolute atomic E-state index is 4.28. The van der Waals surface area contributed by atoms with Gasteiger partial charge in [-0.05, 0) is 26.0 Å². The molecule has 0 radical (unpaired) electrons. The van der Waals surface area contributed by atoms with Gasteiger partial charge in [0.25, 0.3) is 0 Å². The summed E-state index contributed by atoms with van der Waals surface area (Å²) in [6, 6.07) is 3.95. The van der Waals surface area contributed by atoms with E-state index in [1.165, 1.54) is 0 Å². The fourth-order valence-corrected chi connectivity index (χ4v) is 1.29. The minimum Gasteiger partial charge on any atom is -0.258 e. The van der Waals surface area contributed by atoms with Crippen LogP contribution in [0.5, 0.6) is 0 Å². The van der Waals surface area contributed by atoms with Crippen molar-refractivity contribution in [2.24, 2.45) is 0 Å². The van der Waals surface area contributed by atoms with Crippen LogP contribution >= 0.6 is 0 Å². The molecule has 15 heavy (non-hydrogen) atoms. The lowest BCUT2D eigenvalue weighted by Crippen LogP contribution is -1.98. The van der Waals surface area contributed by atoms with Crippen LogP contribution in [-0.4, -0.2) is 20.0 Å². The third-order valence-corrected chi connectivity index (χ3v) is 1.75. The highest BCUT2D eigenvalue weighted by molar-refractivity contribution is 5.33. The SMILES string of the molecule is CC.Cc1cc(-n2ccnn2)cc(C)n1. The van der Waals surface area contributed by atoms with Gasteiger partial charge in [0.1, 0.15) is 0 Å². The highest BCUT2D eigenvalue weighted by atomic mass is 15.4. The minimum absolute atomic E-state index is 0.991. The van der Waals surface area contributed by atoms with Gasteiger partial charge in [0, 0.05) is 11.4 Å². The molecule has 2 rings (SSSR count). The van der Waals surface area contributed by atoms with Crippen molar-refractivity contribution in [3.8, 4) is 5.69 Å². The average Bonchev–Trinajstić information content (AvgIpc) is 2.72. The van der Waals surface area contributed by atoms with Crippen molar-refractivity contribution in [2.45, 2.75) is 27.7 Å². The Morgan fingerprint density at radius 3 is 2.13 bits per heavy atom. The predicted molar refractivity (Wildman–Crippen MR) is 60.0 cm³/mol. The van der Waals surface area contributed by atoms with Crippen LogP contribution in [0.1, 0.15) is 25.2 Å². The summed E-state index contributed by atoms with van der Waals surface area (Å²) >= 11 is 0. The second-order valence-corrected chi connectivity index (χ2v) is 2.96. The largest absolute Gasteiger partial charge is 0.258 e. The van der Waals surface area contributed by atoms with Crippen LogP contribution in [0.15, 0.2) is 24.5 Å². The molecule has 2 aromatic rings. The second kappa shape index (κ2) is 5.24. The van der Waals surface area contributed by atoms with Gasteiger partial charge in [-0.3, -0.25) is 4.98 Å². The zero-order valence-corrected chi connectivity index (χ0v) is 9.60. The van der Waals surface area contributed by atoms with E-state index in [4.69, 9.17) is 0 Å². The van der Waals surface area contributed by atoms with E-state index in [-0.39, 0.29) is 0 Å². The first-order chi connectivity index (χ1) is 7.25. The van der Waals surface area contributed by atoms with Gasteiger partial charge in [0.05, 0.1) is 18.1 Å². The highest BCUT2D eigenvalue weighted by Crippen LogP contribution is 2.08. The molecule has 0 unspecified atom stereocenters. The zero-order chi connectivity index (χ0) is 11.3. The summed E-state index contributed by atoms with van der Waals surface area (Å²) in [5, 5.41) is 7.66. The first-order valence-electron chi connectivity index (χ1n) is 5.08. The van der Waals surface area contributed by atoms with Crippen LogP contribution in [-0.2, 0) is 0 Å². The van der Waals surface area contributed by atoms with Gasteiger partial charge in [-0.2, -0.15) is 0 Å². The molecule has 0 atom stereocenters. The van der Waals surface area contributed by atoms with E-state index >= 15 is 0 Å². The summed E-state index contributed by atoms with van der Waals surface area (Å²) in [7, 11) is 0. The van der Waals surface area contributed by atoms with E-state index in [9.17, 15) is 0 Å². The summed E-state index contributed by atoms with van der Waals surface area (Å²) < 4.78 is 1.72. The number of hydrogen-bond donors (Lipinski definition) is 0. The molecule has 2 heterocycles. The molecule has 0 aromatic carbocycles. The van der Waals surface area contributed by atoms with E-state index in [2.05, 4.69) is 15.3 Å². The lowest BCUT2D eigenvalue weighted by molar-refractivity contribution is 0.798. The fourth-order valence-electron chi connectivity index (χ4n) is 1.29. The molecule has 4 heteroatoms. The number of aryl methyl sites for hydroxylation is 2.